The molecule has 0 radical (unpaired) electrons. The summed E-state index contributed by atoms with van der Waals surface area (Å²) in [5.74, 6) is 1.73. The second kappa shape index (κ2) is 9.92. The van der Waals surface area contributed by atoms with Crippen molar-refractivity contribution in [1.29, 1.82) is 0 Å². The van der Waals surface area contributed by atoms with Gasteiger partial charge in [-0.2, -0.15) is 11.8 Å². The first-order valence-electron chi connectivity index (χ1n) is 9.30. The van der Waals surface area contributed by atoms with Gasteiger partial charge in [-0.3, -0.25) is 0 Å². The zero-order valence-corrected chi connectivity index (χ0v) is 15.5. The van der Waals surface area contributed by atoms with Gasteiger partial charge in [-0.1, -0.05) is 18.9 Å². The molecule has 0 aromatic heterocycles. The highest BCUT2D eigenvalue weighted by atomic mass is 32.2. The molecule has 3 rings (SSSR count). The van der Waals surface area contributed by atoms with Crippen molar-refractivity contribution in [2.24, 2.45) is 0 Å². The summed E-state index contributed by atoms with van der Waals surface area (Å²) in [6.45, 7) is 2.09. The Morgan fingerprint density at radius 2 is 2.12 bits per heavy atom. The summed E-state index contributed by atoms with van der Waals surface area (Å²) in [7, 11) is 0. The summed E-state index contributed by atoms with van der Waals surface area (Å²) >= 11 is 1.98. The van der Waals surface area contributed by atoms with E-state index in [4.69, 9.17) is 9.47 Å². The molecule has 2 N–H and O–H groups in total. The summed E-state index contributed by atoms with van der Waals surface area (Å²) < 4.78 is 11.3. The minimum Gasteiger partial charge on any atom is -0.491 e. The van der Waals surface area contributed by atoms with E-state index in [9.17, 15) is 4.79 Å². The first kappa shape index (κ1) is 18.4. The fraction of sp³-hybridized carbons (Fsp3) is 0.632. The van der Waals surface area contributed by atoms with Gasteiger partial charge in [0.05, 0.1) is 6.10 Å². The monoisotopic (exact) mass is 364 g/mol. The van der Waals surface area contributed by atoms with Crippen LogP contribution in [0.5, 0.6) is 5.75 Å². The molecule has 25 heavy (non-hydrogen) atoms. The highest BCUT2D eigenvalue weighted by Crippen LogP contribution is 2.28. The average molecular weight is 365 g/mol. The van der Waals surface area contributed by atoms with Gasteiger partial charge >= 0.3 is 6.03 Å². The van der Waals surface area contributed by atoms with Gasteiger partial charge in [0.15, 0.2) is 0 Å². The molecule has 138 valence electrons. The van der Waals surface area contributed by atoms with Crippen molar-refractivity contribution in [3.05, 3.63) is 24.3 Å². The lowest BCUT2D eigenvalue weighted by molar-refractivity contribution is 0.0680. The average Bonchev–Trinajstić information content (AvgIpc) is 3.31. The van der Waals surface area contributed by atoms with Gasteiger partial charge in [-0.15, -0.1) is 0 Å². The quantitative estimate of drug-likeness (QED) is 0.684. The lowest BCUT2D eigenvalue weighted by Gasteiger charge is -2.13. The Morgan fingerprint density at radius 1 is 1.24 bits per heavy atom. The van der Waals surface area contributed by atoms with E-state index in [0.717, 1.165) is 41.9 Å². The molecule has 1 saturated heterocycles. The van der Waals surface area contributed by atoms with Crippen molar-refractivity contribution in [1.82, 2.24) is 5.32 Å². The Bertz CT molecular complexity index is 543. The smallest absolute Gasteiger partial charge is 0.319 e. The van der Waals surface area contributed by atoms with Crippen LogP contribution in [0.4, 0.5) is 10.5 Å². The van der Waals surface area contributed by atoms with Crippen LogP contribution in [-0.4, -0.2) is 42.9 Å². The van der Waals surface area contributed by atoms with Crippen LogP contribution in [0.2, 0.25) is 0 Å². The Morgan fingerprint density at radius 3 is 2.92 bits per heavy atom. The largest absolute Gasteiger partial charge is 0.491 e. The summed E-state index contributed by atoms with van der Waals surface area (Å²) in [4.78, 5) is 12.0. The number of rotatable bonds is 8. The maximum Gasteiger partial charge on any atom is 0.319 e. The number of anilines is 1. The van der Waals surface area contributed by atoms with Crippen molar-refractivity contribution in [2.45, 2.75) is 49.9 Å². The molecule has 1 atom stereocenters. The minimum atomic E-state index is -0.164. The molecule has 0 bridgehead atoms. The Kier molecular flexibility index (Phi) is 7.30. The molecule has 2 amide bonds. The maximum atomic E-state index is 12.0. The second-order valence-corrected chi connectivity index (χ2v) is 8.04. The maximum absolute atomic E-state index is 12.0. The summed E-state index contributed by atoms with van der Waals surface area (Å²) in [6, 6.07) is 7.34. The van der Waals surface area contributed by atoms with Crippen LogP contribution < -0.4 is 15.4 Å². The molecule has 1 aromatic carbocycles. The molecule has 1 saturated carbocycles. The molecule has 2 fully saturated rings. The standard InChI is InChI=1S/C19H28N2O3S/c22-19(20-10-12-25-18-8-1-2-9-18)21-15-5-3-6-16(13-15)24-14-17-7-4-11-23-17/h3,5-6,13,17-18H,1-2,4,7-12,14H2,(H2,20,21,22)/t17-/m0/s1. The van der Waals surface area contributed by atoms with E-state index in [1.165, 1.54) is 25.7 Å². The van der Waals surface area contributed by atoms with Crippen LogP contribution in [0.3, 0.4) is 0 Å². The molecule has 0 spiro atoms. The molecule has 2 aliphatic rings. The molecule has 1 heterocycles. The number of urea groups is 1. The van der Waals surface area contributed by atoms with E-state index in [1.807, 2.05) is 36.0 Å². The number of ether oxygens (including phenoxy) is 2. The van der Waals surface area contributed by atoms with Crippen LogP contribution in [0, 0.1) is 0 Å². The van der Waals surface area contributed by atoms with Crippen molar-refractivity contribution < 1.29 is 14.3 Å². The van der Waals surface area contributed by atoms with Gasteiger partial charge in [0.2, 0.25) is 0 Å². The van der Waals surface area contributed by atoms with Gasteiger partial charge in [0.25, 0.3) is 0 Å². The van der Waals surface area contributed by atoms with E-state index in [2.05, 4.69) is 10.6 Å². The van der Waals surface area contributed by atoms with Gasteiger partial charge in [0.1, 0.15) is 12.4 Å². The SMILES string of the molecule is O=C(NCCSC1CCCC1)Nc1cccc(OC[C@@H]2CCCO2)c1. The number of hydrogen-bond acceptors (Lipinski definition) is 4. The molecule has 0 unspecified atom stereocenters. The van der Waals surface area contributed by atoms with Gasteiger partial charge in [-0.05, 0) is 37.8 Å². The normalized spacial score (nSPS) is 20.6. The van der Waals surface area contributed by atoms with Crippen molar-refractivity contribution in [3.63, 3.8) is 0 Å². The predicted molar refractivity (Wildman–Crippen MR) is 103 cm³/mol. The van der Waals surface area contributed by atoms with E-state index < -0.39 is 0 Å². The minimum absolute atomic E-state index is 0.164. The van der Waals surface area contributed by atoms with Crippen LogP contribution in [-0.2, 0) is 4.74 Å². The molecular weight excluding hydrogens is 336 g/mol. The van der Waals surface area contributed by atoms with Crippen LogP contribution in [0.25, 0.3) is 0 Å². The molecular formula is C19H28N2O3S. The second-order valence-electron chi connectivity index (χ2n) is 6.63. The van der Waals surface area contributed by atoms with E-state index >= 15 is 0 Å². The fourth-order valence-corrected chi connectivity index (χ4v) is 4.47. The number of carbonyl (C=O) groups is 1. The molecule has 1 aliphatic heterocycles. The summed E-state index contributed by atoms with van der Waals surface area (Å²) in [5.41, 5.74) is 0.741. The fourth-order valence-electron chi connectivity index (χ4n) is 3.25. The zero-order chi connectivity index (χ0) is 17.3. The third-order valence-corrected chi connectivity index (χ3v) is 5.98. The first-order valence-corrected chi connectivity index (χ1v) is 10.4. The number of benzene rings is 1. The van der Waals surface area contributed by atoms with Gasteiger partial charge < -0.3 is 20.1 Å². The van der Waals surface area contributed by atoms with Crippen molar-refractivity contribution in [2.75, 3.05) is 30.8 Å². The number of amides is 2. The van der Waals surface area contributed by atoms with Crippen molar-refractivity contribution >= 4 is 23.5 Å². The van der Waals surface area contributed by atoms with Crippen LogP contribution >= 0.6 is 11.8 Å². The van der Waals surface area contributed by atoms with E-state index in [-0.39, 0.29) is 12.1 Å². The number of thioether (sulfide) groups is 1. The summed E-state index contributed by atoms with van der Waals surface area (Å²) in [5, 5.41) is 6.58. The van der Waals surface area contributed by atoms with E-state index in [1.54, 1.807) is 0 Å². The zero-order valence-electron chi connectivity index (χ0n) is 14.7. The Labute approximate surface area is 154 Å². The lowest BCUT2D eigenvalue weighted by Crippen LogP contribution is -2.30. The lowest BCUT2D eigenvalue weighted by atomic mass is 10.2. The molecule has 1 aliphatic carbocycles. The third-order valence-electron chi connectivity index (χ3n) is 4.60. The Balaban J connectivity index is 1.34. The van der Waals surface area contributed by atoms with E-state index in [0.29, 0.717) is 13.2 Å². The topological polar surface area (TPSA) is 59.6 Å². The number of hydrogen-bond donors (Lipinski definition) is 2. The number of nitrogens with one attached hydrogen (secondary N) is 2. The van der Waals surface area contributed by atoms with Crippen LogP contribution in [0.15, 0.2) is 24.3 Å². The van der Waals surface area contributed by atoms with Gasteiger partial charge in [-0.25, -0.2) is 4.79 Å². The molecule has 6 heteroatoms. The van der Waals surface area contributed by atoms with Crippen LogP contribution in [0.1, 0.15) is 38.5 Å². The van der Waals surface area contributed by atoms with Crippen molar-refractivity contribution in [3.8, 4) is 5.75 Å². The predicted octanol–water partition coefficient (Wildman–Crippen LogP) is 4.04. The Hall–Kier alpha value is -1.40. The first-order chi connectivity index (χ1) is 12.3. The molecule has 1 aromatic rings. The summed E-state index contributed by atoms with van der Waals surface area (Å²) in [6.07, 6.45) is 7.73. The highest BCUT2D eigenvalue weighted by Gasteiger charge is 2.16. The van der Waals surface area contributed by atoms with Gasteiger partial charge in [0, 0.05) is 35.9 Å². The number of carbonyl (C=O) groups excluding carboxylic acids is 1. The molecule has 5 nitrogen and oxygen atoms in total. The third kappa shape index (κ3) is 6.44. The highest BCUT2D eigenvalue weighted by molar-refractivity contribution is 7.99.